The van der Waals surface area contributed by atoms with Crippen molar-refractivity contribution in [3.05, 3.63) is 26.9 Å². The van der Waals surface area contributed by atoms with Crippen LogP contribution in [0.5, 0.6) is 0 Å². The van der Waals surface area contributed by atoms with Gasteiger partial charge in [-0.2, -0.15) is 0 Å². The highest BCUT2D eigenvalue weighted by molar-refractivity contribution is 5.26. The van der Waals surface area contributed by atoms with Crippen molar-refractivity contribution in [3.63, 3.8) is 0 Å². The zero-order valence-corrected chi connectivity index (χ0v) is 27.6. The molecular weight excluding hydrogens is 506 g/mol. The van der Waals surface area contributed by atoms with E-state index in [2.05, 4.69) is 13.8 Å². The predicted octanol–water partition coefficient (Wildman–Crippen LogP) is 10.6. The second kappa shape index (κ2) is 27.3. The van der Waals surface area contributed by atoms with Crippen LogP contribution in [0.3, 0.4) is 0 Å². The lowest BCUT2D eigenvalue weighted by Gasteiger charge is -2.13. The van der Waals surface area contributed by atoms with Crippen molar-refractivity contribution in [3.8, 4) is 0 Å². The molecule has 1 heterocycles. The Morgan fingerprint density at radius 2 is 0.707 bits per heavy atom. The van der Waals surface area contributed by atoms with E-state index in [0.29, 0.717) is 18.9 Å². The third kappa shape index (κ3) is 20.1. The Balaban J connectivity index is 2.11. The topological polar surface area (TPSA) is 70.0 Å². The Morgan fingerprint density at radius 1 is 0.439 bits per heavy atom. The van der Waals surface area contributed by atoms with Gasteiger partial charge in [-0.1, -0.05) is 181 Å². The number of rotatable bonds is 30. The van der Waals surface area contributed by atoms with E-state index in [-0.39, 0.29) is 11.2 Å². The van der Waals surface area contributed by atoms with E-state index in [4.69, 9.17) is 5.73 Å². The van der Waals surface area contributed by atoms with Gasteiger partial charge in [-0.25, -0.2) is 4.79 Å². The summed E-state index contributed by atoms with van der Waals surface area (Å²) < 4.78 is 3.02. The number of hydrogen-bond donors (Lipinski definition) is 1. The van der Waals surface area contributed by atoms with Crippen LogP contribution in [0.2, 0.25) is 0 Å². The Hall–Kier alpha value is -1.52. The number of anilines is 1. The number of hydrogen-bond acceptors (Lipinski definition) is 3. The maximum absolute atomic E-state index is 13.0. The fraction of sp³-hybridized carbons (Fsp3) is 0.889. The number of nitrogens with two attached hydrogens (primary N) is 1. The molecule has 41 heavy (non-hydrogen) atoms. The smallest absolute Gasteiger partial charge is 0.332 e. The van der Waals surface area contributed by atoms with Crippen LogP contribution in [0.1, 0.15) is 194 Å². The summed E-state index contributed by atoms with van der Waals surface area (Å²) in [6.07, 6.45) is 36.5. The lowest BCUT2D eigenvalue weighted by Crippen LogP contribution is -2.40. The summed E-state index contributed by atoms with van der Waals surface area (Å²) in [5.41, 5.74) is 5.60. The molecule has 1 rings (SSSR count). The standard InChI is InChI=1S/C36H69N3O2/c1-3-5-7-9-11-13-15-17-19-21-23-25-27-29-31-38-34(37)33-35(40)39(36(38)41)32-30-28-26-24-22-20-18-16-14-12-10-8-6-4-2/h33H,3-32,37H2,1-2H3. The average molecular weight is 576 g/mol. The van der Waals surface area contributed by atoms with E-state index in [9.17, 15) is 9.59 Å². The Morgan fingerprint density at radius 3 is 1.02 bits per heavy atom. The summed E-state index contributed by atoms with van der Waals surface area (Å²) in [5.74, 6) is 0.312. The zero-order valence-electron chi connectivity index (χ0n) is 27.6. The molecule has 0 saturated carbocycles. The molecule has 1 aromatic heterocycles. The number of aromatic nitrogens is 2. The van der Waals surface area contributed by atoms with Gasteiger partial charge in [-0.15, -0.1) is 0 Å². The third-order valence-electron chi connectivity index (χ3n) is 8.78. The van der Waals surface area contributed by atoms with Gasteiger partial charge in [0.25, 0.3) is 5.56 Å². The second-order valence-corrected chi connectivity index (χ2v) is 12.7. The van der Waals surface area contributed by atoms with Crippen molar-refractivity contribution in [2.45, 2.75) is 207 Å². The SMILES string of the molecule is CCCCCCCCCCCCCCCCn1c(N)cc(=O)n(CCCCCCCCCCCCCCCC)c1=O. The number of nitrogen functional groups attached to an aromatic ring is 1. The van der Waals surface area contributed by atoms with Crippen LogP contribution in [0.4, 0.5) is 5.82 Å². The van der Waals surface area contributed by atoms with Gasteiger partial charge in [0, 0.05) is 19.2 Å². The fourth-order valence-corrected chi connectivity index (χ4v) is 5.99. The lowest BCUT2D eigenvalue weighted by molar-refractivity contribution is 0.486. The molecule has 5 heteroatoms. The van der Waals surface area contributed by atoms with E-state index in [0.717, 1.165) is 25.7 Å². The Labute approximate surface area is 254 Å². The van der Waals surface area contributed by atoms with E-state index in [1.165, 1.54) is 165 Å². The van der Waals surface area contributed by atoms with Gasteiger partial charge in [0.2, 0.25) is 0 Å². The van der Waals surface area contributed by atoms with Gasteiger partial charge in [0.15, 0.2) is 0 Å². The van der Waals surface area contributed by atoms with Gasteiger partial charge in [-0.3, -0.25) is 13.9 Å². The zero-order chi connectivity index (χ0) is 29.8. The number of unbranched alkanes of at least 4 members (excludes halogenated alkanes) is 26. The van der Waals surface area contributed by atoms with Gasteiger partial charge in [0.1, 0.15) is 5.82 Å². The monoisotopic (exact) mass is 576 g/mol. The molecular formula is C36H69N3O2. The minimum absolute atomic E-state index is 0.223. The first kappa shape index (κ1) is 37.5. The highest BCUT2D eigenvalue weighted by atomic mass is 16.2. The van der Waals surface area contributed by atoms with Crippen molar-refractivity contribution >= 4 is 5.82 Å². The molecule has 0 spiro atoms. The van der Waals surface area contributed by atoms with Crippen molar-refractivity contribution in [2.75, 3.05) is 5.73 Å². The van der Waals surface area contributed by atoms with Crippen molar-refractivity contribution in [2.24, 2.45) is 0 Å². The van der Waals surface area contributed by atoms with Gasteiger partial charge in [0.05, 0.1) is 0 Å². The highest BCUT2D eigenvalue weighted by Gasteiger charge is 2.09. The van der Waals surface area contributed by atoms with Crippen molar-refractivity contribution in [1.29, 1.82) is 0 Å². The maximum Gasteiger partial charge on any atom is 0.332 e. The minimum Gasteiger partial charge on any atom is -0.385 e. The van der Waals surface area contributed by atoms with Crippen LogP contribution in [-0.2, 0) is 13.1 Å². The molecule has 0 aliphatic carbocycles. The summed E-state index contributed by atoms with van der Waals surface area (Å²) >= 11 is 0. The van der Waals surface area contributed by atoms with Crippen LogP contribution >= 0.6 is 0 Å². The first-order valence-corrected chi connectivity index (χ1v) is 18.2. The molecule has 0 aromatic carbocycles. The normalized spacial score (nSPS) is 11.5. The van der Waals surface area contributed by atoms with E-state index >= 15 is 0 Å². The van der Waals surface area contributed by atoms with Crippen LogP contribution in [0.15, 0.2) is 15.7 Å². The largest absolute Gasteiger partial charge is 0.385 e. The van der Waals surface area contributed by atoms with Gasteiger partial charge in [-0.05, 0) is 12.8 Å². The van der Waals surface area contributed by atoms with Crippen LogP contribution in [0.25, 0.3) is 0 Å². The Kier molecular flexibility index (Phi) is 25.0. The van der Waals surface area contributed by atoms with Crippen LogP contribution in [0, 0.1) is 0 Å². The average Bonchev–Trinajstić information content (AvgIpc) is 2.96. The maximum atomic E-state index is 13.0. The Bertz CT molecular complexity index is 829. The lowest BCUT2D eigenvalue weighted by atomic mass is 10.0. The summed E-state index contributed by atoms with van der Waals surface area (Å²) in [5, 5.41) is 0. The molecule has 0 aliphatic rings. The quantitative estimate of drug-likeness (QED) is 0.0927. The van der Waals surface area contributed by atoms with E-state index < -0.39 is 0 Å². The van der Waals surface area contributed by atoms with Gasteiger partial charge >= 0.3 is 5.69 Å². The third-order valence-corrected chi connectivity index (χ3v) is 8.78. The molecule has 0 atom stereocenters. The molecule has 2 N–H and O–H groups in total. The van der Waals surface area contributed by atoms with E-state index in [1.54, 1.807) is 4.57 Å². The summed E-state index contributed by atoms with van der Waals surface area (Å²) in [6, 6.07) is 1.44. The molecule has 0 saturated heterocycles. The first-order valence-electron chi connectivity index (χ1n) is 18.2. The fourth-order valence-electron chi connectivity index (χ4n) is 5.99. The second-order valence-electron chi connectivity index (χ2n) is 12.7. The molecule has 0 amide bonds. The van der Waals surface area contributed by atoms with Crippen molar-refractivity contribution in [1.82, 2.24) is 9.13 Å². The summed E-state index contributed by atoms with van der Waals surface area (Å²) in [4.78, 5) is 25.4. The molecule has 0 fully saturated rings. The minimum atomic E-state index is -0.251. The predicted molar refractivity (Wildman–Crippen MR) is 180 cm³/mol. The van der Waals surface area contributed by atoms with E-state index in [1.807, 2.05) is 0 Å². The van der Waals surface area contributed by atoms with Crippen molar-refractivity contribution < 1.29 is 0 Å². The van der Waals surface area contributed by atoms with Crippen LogP contribution < -0.4 is 17.0 Å². The molecule has 0 unspecified atom stereocenters. The molecule has 0 bridgehead atoms. The van der Waals surface area contributed by atoms with Crippen LogP contribution in [-0.4, -0.2) is 9.13 Å². The molecule has 5 nitrogen and oxygen atoms in total. The molecule has 0 radical (unpaired) electrons. The number of nitrogens with zero attached hydrogens (tertiary/aromatic N) is 2. The molecule has 0 aliphatic heterocycles. The summed E-state index contributed by atoms with van der Waals surface area (Å²) in [7, 11) is 0. The summed E-state index contributed by atoms with van der Waals surface area (Å²) in [6.45, 7) is 5.67. The molecule has 240 valence electrons. The first-order chi connectivity index (χ1) is 20.1. The highest BCUT2D eigenvalue weighted by Crippen LogP contribution is 2.14. The molecule has 1 aromatic rings. The van der Waals surface area contributed by atoms with Gasteiger partial charge < -0.3 is 5.73 Å².